The lowest BCUT2D eigenvalue weighted by Gasteiger charge is -2.18. The number of hydrogen-bond acceptors (Lipinski definition) is 3. The minimum atomic E-state index is 0.0207. The lowest BCUT2D eigenvalue weighted by molar-refractivity contribution is 0.0992. The Balaban J connectivity index is 1.90. The van der Waals surface area contributed by atoms with Gasteiger partial charge in [0, 0.05) is 18.1 Å². The Bertz CT molecular complexity index is 591. The summed E-state index contributed by atoms with van der Waals surface area (Å²) < 4.78 is 0. The number of anilines is 1. The van der Waals surface area contributed by atoms with E-state index in [1.165, 1.54) is 23.3 Å². The van der Waals surface area contributed by atoms with Crippen LogP contribution >= 0.6 is 11.3 Å². The standard InChI is InChI=1S/C15H15N2OS/c1-17(11-5-4-8-16-9-11)15(18)13-10-19-14-7-3-2-6-12(13)14/h4-5,8-9H,2-3,6-7H2,1H3. The number of pyridine rings is 1. The Morgan fingerprint density at radius 1 is 1.42 bits per heavy atom. The summed E-state index contributed by atoms with van der Waals surface area (Å²) in [7, 11) is 1.79. The summed E-state index contributed by atoms with van der Waals surface area (Å²) in [5.41, 5.74) is 2.79. The predicted octanol–water partition coefficient (Wildman–Crippen LogP) is 3.10. The molecule has 0 bridgehead atoms. The number of carbonyl (C=O) groups is 1. The molecule has 0 unspecified atom stereocenters. The maximum atomic E-state index is 12.6. The van der Waals surface area contributed by atoms with Gasteiger partial charge in [-0.15, -0.1) is 11.3 Å². The molecule has 0 spiro atoms. The molecular weight excluding hydrogens is 256 g/mol. The number of carbonyl (C=O) groups excluding carboxylic acids is 1. The van der Waals surface area contributed by atoms with Crippen molar-refractivity contribution in [3.8, 4) is 0 Å². The fourth-order valence-corrected chi connectivity index (χ4v) is 3.45. The molecule has 19 heavy (non-hydrogen) atoms. The number of amides is 1. The highest BCUT2D eigenvalue weighted by Crippen LogP contribution is 2.30. The molecule has 1 radical (unpaired) electrons. The lowest BCUT2D eigenvalue weighted by atomic mass is 9.95. The van der Waals surface area contributed by atoms with Crippen LogP contribution in [0.25, 0.3) is 0 Å². The van der Waals surface area contributed by atoms with Crippen molar-refractivity contribution in [2.75, 3.05) is 11.9 Å². The summed E-state index contributed by atoms with van der Waals surface area (Å²) in [6, 6.07) is 3.73. The molecule has 0 fully saturated rings. The summed E-state index contributed by atoms with van der Waals surface area (Å²) in [6.07, 6.45) is 7.93. The number of nitrogens with zero attached hydrogens (tertiary/aromatic N) is 2. The molecule has 0 N–H and O–H groups in total. The normalized spacial score (nSPS) is 13.9. The first-order valence-corrected chi connectivity index (χ1v) is 7.29. The molecule has 0 saturated carbocycles. The third-order valence-corrected chi connectivity index (χ3v) is 4.55. The second kappa shape index (κ2) is 5.13. The minimum absolute atomic E-state index is 0.0207. The molecule has 0 aliphatic heterocycles. The van der Waals surface area contributed by atoms with Crippen LogP contribution in [0.3, 0.4) is 0 Å². The lowest BCUT2D eigenvalue weighted by Crippen LogP contribution is -2.27. The third kappa shape index (κ3) is 2.28. The van der Waals surface area contributed by atoms with Gasteiger partial charge in [-0.1, -0.05) is 0 Å². The molecule has 4 heteroatoms. The first-order valence-electron chi connectivity index (χ1n) is 6.47. The molecule has 1 aliphatic rings. The van der Waals surface area contributed by atoms with Gasteiger partial charge in [-0.25, -0.2) is 0 Å². The van der Waals surface area contributed by atoms with Gasteiger partial charge >= 0.3 is 0 Å². The van der Waals surface area contributed by atoms with Gasteiger partial charge in [0.15, 0.2) is 0 Å². The monoisotopic (exact) mass is 271 g/mol. The van der Waals surface area contributed by atoms with Gasteiger partial charge in [0.05, 0.1) is 22.8 Å². The molecule has 1 aliphatic carbocycles. The maximum Gasteiger partial charge on any atom is 0.259 e. The van der Waals surface area contributed by atoms with Crippen molar-refractivity contribution < 1.29 is 4.79 Å². The van der Waals surface area contributed by atoms with Crippen molar-refractivity contribution in [1.82, 2.24) is 4.98 Å². The van der Waals surface area contributed by atoms with Crippen molar-refractivity contribution in [3.05, 3.63) is 45.9 Å². The van der Waals surface area contributed by atoms with Crippen molar-refractivity contribution in [2.45, 2.75) is 25.7 Å². The fraction of sp³-hybridized carbons (Fsp3) is 0.333. The predicted molar refractivity (Wildman–Crippen MR) is 76.8 cm³/mol. The van der Waals surface area contributed by atoms with Crippen LogP contribution in [-0.4, -0.2) is 17.9 Å². The maximum absolute atomic E-state index is 12.6. The van der Waals surface area contributed by atoms with E-state index < -0.39 is 0 Å². The molecule has 2 aromatic rings. The molecule has 1 amide bonds. The molecule has 3 nitrogen and oxygen atoms in total. The second-order valence-electron chi connectivity index (χ2n) is 4.76. The average molecular weight is 271 g/mol. The zero-order valence-corrected chi connectivity index (χ0v) is 11.7. The molecule has 0 aromatic carbocycles. The number of fused-ring (bicyclic) bond motifs is 1. The van der Waals surface area contributed by atoms with Crippen LogP contribution in [-0.2, 0) is 12.8 Å². The van der Waals surface area contributed by atoms with E-state index in [2.05, 4.69) is 10.4 Å². The van der Waals surface area contributed by atoms with Gasteiger partial charge in [0.1, 0.15) is 0 Å². The summed E-state index contributed by atoms with van der Waals surface area (Å²) in [6.45, 7) is 0. The fourth-order valence-electron chi connectivity index (χ4n) is 2.44. The molecule has 2 heterocycles. The Kier molecular flexibility index (Phi) is 3.34. The summed E-state index contributed by atoms with van der Waals surface area (Å²) >= 11 is 1.60. The Hall–Kier alpha value is -1.68. The SMILES string of the molecule is CN(C(=O)c1[c]sc2c1CCCC2)c1cccnc1. The Labute approximate surface area is 116 Å². The quantitative estimate of drug-likeness (QED) is 0.841. The first kappa shape index (κ1) is 12.4. The summed E-state index contributed by atoms with van der Waals surface area (Å²) in [5, 5.41) is 3.20. The number of rotatable bonds is 2. The topological polar surface area (TPSA) is 33.2 Å². The highest BCUT2D eigenvalue weighted by atomic mass is 32.1. The van der Waals surface area contributed by atoms with Gasteiger partial charge in [0.25, 0.3) is 5.91 Å². The van der Waals surface area contributed by atoms with E-state index in [-0.39, 0.29) is 5.91 Å². The van der Waals surface area contributed by atoms with Gasteiger partial charge < -0.3 is 4.90 Å². The largest absolute Gasteiger partial charge is 0.310 e. The van der Waals surface area contributed by atoms with Crippen LogP contribution in [0.5, 0.6) is 0 Å². The van der Waals surface area contributed by atoms with Crippen molar-refractivity contribution >= 4 is 22.9 Å². The van der Waals surface area contributed by atoms with Crippen LogP contribution < -0.4 is 4.90 Å². The minimum Gasteiger partial charge on any atom is -0.310 e. The smallest absolute Gasteiger partial charge is 0.259 e. The van der Waals surface area contributed by atoms with Crippen molar-refractivity contribution in [2.24, 2.45) is 0 Å². The molecule has 0 saturated heterocycles. The molecule has 97 valence electrons. The van der Waals surface area contributed by atoms with E-state index in [1.807, 2.05) is 12.1 Å². The summed E-state index contributed by atoms with van der Waals surface area (Å²) in [4.78, 5) is 19.6. The number of hydrogen-bond donors (Lipinski definition) is 0. The van der Waals surface area contributed by atoms with E-state index >= 15 is 0 Å². The molecule has 3 rings (SSSR count). The van der Waals surface area contributed by atoms with Gasteiger partial charge in [0.2, 0.25) is 0 Å². The zero-order valence-electron chi connectivity index (χ0n) is 10.8. The van der Waals surface area contributed by atoms with Crippen LogP contribution in [0.4, 0.5) is 5.69 Å². The second-order valence-corrected chi connectivity index (χ2v) is 5.66. The number of aromatic nitrogens is 1. The van der Waals surface area contributed by atoms with Crippen molar-refractivity contribution in [1.29, 1.82) is 0 Å². The molecular formula is C15H15N2OS. The number of thiophene rings is 1. The zero-order chi connectivity index (χ0) is 13.2. The van der Waals surface area contributed by atoms with Crippen LogP contribution in [0.1, 0.15) is 33.6 Å². The van der Waals surface area contributed by atoms with Crippen molar-refractivity contribution in [3.63, 3.8) is 0 Å². The van der Waals surface area contributed by atoms with Gasteiger partial charge in [-0.3, -0.25) is 9.78 Å². The Morgan fingerprint density at radius 2 is 2.26 bits per heavy atom. The van der Waals surface area contributed by atoms with E-state index in [4.69, 9.17) is 0 Å². The van der Waals surface area contributed by atoms with Gasteiger partial charge in [-0.05, 0) is 43.4 Å². The van der Waals surface area contributed by atoms with Crippen LogP contribution in [0.15, 0.2) is 24.5 Å². The first-order chi connectivity index (χ1) is 9.27. The number of aryl methyl sites for hydroxylation is 1. The van der Waals surface area contributed by atoms with Crippen LogP contribution in [0.2, 0.25) is 0 Å². The van der Waals surface area contributed by atoms with Crippen LogP contribution in [0, 0.1) is 5.38 Å². The Morgan fingerprint density at radius 3 is 3.05 bits per heavy atom. The molecule has 2 aromatic heterocycles. The average Bonchev–Trinajstić information content (AvgIpc) is 2.90. The van der Waals surface area contributed by atoms with E-state index in [1.54, 1.807) is 35.7 Å². The highest BCUT2D eigenvalue weighted by molar-refractivity contribution is 7.10. The van der Waals surface area contributed by atoms with Gasteiger partial charge in [-0.2, -0.15) is 0 Å². The third-order valence-electron chi connectivity index (χ3n) is 3.55. The highest BCUT2D eigenvalue weighted by Gasteiger charge is 2.23. The van der Waals surface area contributed by atoms with E-state index in [9.17, 15) is 4.79 Å². The van der Waals surface area contributed by atoms with E-state index in [0.717, 1.165) is 24.1 Å². The molecule has 0 atom stereocenters. The van der Waals surface area contributed by atoms with E-state index in [0.29, 0.717) is 0 Å². The summed E-state index contributed by atoms with van der Waals surface area (Å²) in [5.74, 6) is 0.0207.